The average Bonchev–Trinajstić information content (AvgIpc) is 2.60. The number of guanidine groups is 1. The molecule has 0 atom stereocenters. The molecule has 0 amide bonds. The van der Waals surface area contributed by atoms with E-state index in [2.05, 4.69) is 71.5 Å². The summed E-state index contributed by atoms with van der Waals surface area (Å²) in [4.78, 5) is 6.91. The molecule has 0 unspecified atom stereocenters. The Morgan fingerprint density at radius 3 is 2.50 bits per heavy atom. The second-order valence-corrected chi connectivity index (χ2v) is 6.91. The maximum atomic E-state index is 6.06. The fraction of sp³-hybridized carbons (Fsp3) is 0.381. The van der Waals surface area contributed by atoms with Crippen LogP contribution in [-0.4, -0.2) is 37.2 Å². The molecule has 0 aliphatic carbocycles. The van der Waals surface area contributed by atoms with Crippen LogP contribution < -0.4 is 11.1 Å². The average molecular weight is 352 g/mol. The summed E-state index contributed by atoms with van der Waals surface area (Å²) in [5, 5.41) is 3.18. The molecule has 3 rings (SSSR count). The van der Waals surface area contributed by atoms with Crippen LogP contribution in [0, 0.1) is 13.8 Å². The van der Waals surface area contributed by atoms with Crippen LogP contribution >= 0.6 is 0 Å². The number of hydrogen-bond acceptors (Lipinski definition) is 3. The lowest BCUT2D eigenvalue weighted by atomic mass is 10.1. The number of nitrogens with one attached hydrogen (secondary N) is 1. The highest BCUT2D eigenvalue weighted by Gasteiger charge is 2.10. The largest absolute Gasteiger partial charge is 0.379 e. The molecule has 0 bridgehead atoms. The van der Waals surface area contributed by atoms with E-state index in [1.807, 2.05) is 0 Å². The van der Waals surface area contributed by atoms with Gasteiger partial charge in [0.05, 0.1) is 19.8 Å². The van der Waals surface area contributed by atoms with Crippen molar-refractivity contribution < 1.29 is 4.74 Å². The molecule has 26 heavy (non-hydrogen) atoms. The van der Waals surface area contributed by atoms with Crippen molar-refractivity contribution in [3.05, 3.63) is 64.7 Å². The molecule has 2 aromatic carbocycles. The molecule has 0 radical (unpaired) electrons. The van der Waals surface area contributed by atoms with Crippen LogP contribution in [0.1, 0.15) is 22.3 Å². The first-order valence-corrected chi connectivity index (χ1v) is 9.12. The minimum atomic E-state index is 0.439. The number of benzene rings is 2. The molecule has 2 aromatic rings. The minimum absolute atomic E-state index is 0.439. The normalized spacial score (nSPS) is 15.8. The van der Waals surface area contributed by atoms with Gasteiger partial charge < -0.3 is 15.8 Å². The Morgan fingerprint density at radius 2 is 1.77 bits per heavy atom. The van der Waals surface area contributed by atoms with Crippen LogP contribution in [0.2, 0.25) is 0 Å². The number of hydrogen-bond donors (Lipinski definition) is 2. The highest BCUT2D eigenvalue weighted by molar-refractivity contribution is 5.92. The summed E-state index contributed by atoms with van der Waals surface area (Å²) in [5.74, 6) is 0.439. The number of aryl methyl sites for hydroxylation is 2. The SMILES string of the molecule is Cc1cc(C)cc(NC(N)=NCc2cccc(CN3CCOCC3)c2)c1. The van der Waals surface area contributed by atoms with E-state index in [1.165, 1.54) is 22.3 Å². The lowest BCUT2D eigenvalue weighted by molar-refractivity contribution is 0.0342. The van der Waals surface area contributed by atoms with Crippen LogP contribution in [0.15, 0.2) is 47.5 Å². The minimum Gasteiger partial charge on any atom is -0.379 e. The second kappa shape index (κ2) is 8.83. The Bertz CT molecular complexity index is 746. The number of morpholine rings is 1. The van der Waals surface area contributed by atoms with Crippen LogP contribution in [-0.2, 0) is 17.8 Å². The summed E-state index contributed by atoms with van der Waals surface area (Å²) in [7, 11) is 0. The van der Waals surface area contributed by atoms with Gasteiger partial charge in [0.25, 0.3) is 0 Å². The number of ether oxygens (including phenoxy) is 1. The van der Waals surface area contributed by atoms with Crippen molar-refractivity contribution in [3.63, 3.8) is 0 Å². The second-order valence-electron chi connectivity index (χ2n) is 6.91. The van der Waals surface area contributed by atoms with E-state index in [0.717, 1.165) is 38.5 Å². The number of rotatable bonds is 5. The van der Waals surface area contributed by atoms with Crippen LogP contribution in [0.3, 0.4) is 0 Å². The molecule has 5 nitrogen and oxygen atoms in total. The highest BCUT2D eigenvalue weighted by atomic mass is 16.5. The Morgan fingerprint density at radius 1 is 1.08 bits per heavy atom. The van der Waals surface area contributed by atoms with Gasteiger partial charge in [0, 0.05) is 25.3 Å². The predicted octanol–water partition coefficient (Wildman–Crippen LogP) is 3.06. The molecule has 1 heterocycles. The number of anilines is 1. The Kier molecular flexibility index (Phi) is 6.26. The van der Waals surface area contributed by atoms with Crippen LogP contribution in [0.25, 0.3) is 0 Å². The van der Waals surface area contributed by atoms with Gasteiger partial charge in [-0.3, -0.25) is 4.90 Å². The van der Waals surface area contributed by atoms with E-state index in [4.69, 9.17) is 10.5 Å². The summed E-state index contributed by atoms with van der Waals surface area (Å²) < 4.78 is 5.41. The smallest absolute Gasteiger partial charge is 0.193 e. The summed E-state index contributed by atoms with van der Waals surface area (Å²) in [5.41, 5.74) is 11.9. The summed E-state index contributed by atoms with van der Waals surface area (Å²) >= 11 is 0. The molecule has 1 aliphatic rings. The van der Waals surface area contributed by atoms with Gasteiger partial charge in [-0.2, -0.15) is 0 Å². The topological polar surface area (TPSA) is 62.9 Å². The Labute approximate surface area is 155 Å². The third-order valence-corrected chi connectivity index (χ3v) is 4.43. The highest BCUT2D eigenvalue weighted by Crippen LogP contribution is 2.14. The van der Waals surface area contributed by atoms with Crippen molar-refractivity contribution in [3.8, 4) is 0 Å². The van der Waals surface area contributed by atoms with Crippen molar-refractivity contribution in [1.29, 1.82) is 0 Å². The monoisotopic (exact) mass is 352 g/mol. The van der Waals surface area contributed by atoms with E-state index in [9.17, 15) is 0 Å². The number of nitrogens with zero attached hydrogens (tertiary/aromatic N) is 2. The van der Waals surface area contributed by atoms with E-state index >= 15 is 0 Å². The van der Waals surface area contributed by atoms with Crippen molar-refractivity contribution in [2.75, 3.05) is 31.6 Å². The fourth-order valence-electron chi connectivity index (χ4n) is 3.25. The Hall–Kier alpha value is -2.37. The third-order valence-electron chi connectivity index (χ3n) is 4.43. The van der Waals surface area contributed by atoms with Crippen molar-refractivity contribution in [2.45, 2.75) is 26.9 Å². The molecule has 0 saturated carbocycles. The molecular weight excluding hydrogens is 324 g/mol. The van der Waals surface area contributed by atoms with Gasteiger partial charge in [-0.1, -0.05) is 30.3 Å². The van der Waals surface area contributed by atoms with Crippen LogP contribution in [0.5, 0.6) is 0 Å². The first-order valence-electron chi connectivity index (χ1n) is 9.12. The Balaban J connectivity index is 1.59. The number of nitrogens with two attached hydrogens (primary N) is 1. The molecule has 3 N–H and O–H groups in total. The summed E-state index contributed by atoms with van der Waals surface area (Å²) in [6.45, 7) is 9.31. The zero-order chi connectivity index (χ0) is 18.4. The maximum Gasteiger partial charge on any atom is 0.193 e. The van der Waals surface area contributed by atoms with E-state index in [0.29, 0.717) is 12.5 Å². The molecule has 5 heteroatoms. The molecule has 1 saturated heterocycles. The van der Waals surface area contributed by atoms with Gasteiger partial charge in [0.2, 0.25) is 0 Å². The van der Waals surface area contributed by atoms with Crippen molar-refractivity contribution in [1.82, 2.24) is 4.90 Å². The van der Waals surface area contributed by atoms with E-state index < -0.39 is 0 Å². The predicted molar refractivity (Wildman–Crippen MR) is 107 cm³/mol. The van der Waals surface area contributed by atoms with Gasteiger partial charge in [-0.15, -0.1) is 0 Å². The van der Waals surface area contributed by atoms with Crippen molar-refractivity contribution in [2.24, 2.45) is 10.7 Å². The van der Waals surface area contributed by atoms with Gasteiger partial charge in [0.15, 0.2) is 5.96 Å². The fourth-order valence-corrected chi connectivity index (χ4v) is 3.25. The quantitative estimate of drug-likeness (QED) is 0.641. The molecule has 0 spiro atoms. The van der Waals surface area contributed by atoms with Gasteiger partial charge in [-0.05, 0) is 48.2 Å². The van der Waals surface area contributed by atoms with E-state index in [1.54, 1.807) is 0 Å². The zero-order valence-corrected chi connectivity index (χ0v) is 15.7. The molecule has 1 aliphatic heterocycles. The van der Waals surface area contributed by atoms with Crippen molar-refractivity contribution >= 4 is 11.6 Å². The van der Waals surface area contributed by atoms with E-state index in [-0.39, 0.29) is 0 Å². The molecule has 1 fully saturated rings. The van der Waals surface area contributed by atoms with Gasteiger partial charge in [-0.25, -0.2) is 4.99 Å². The standard InChI is InChI=1S/C21H28N4O/c1-16-10-17(2)12-20(11-16)24-21(22)23-14-18-4-3-5-19(13-18)15-25-6-8-26-9-7-25/h3-5,10-13H,6-9,14-15H2,1-2H3,(H3,22,23,24). The molecular formula is C21H28N4O. The van der Waals surface area contributed by atoms with Gasteiger partial charge in [0.1, 0.15) is 0 Å². The number of aliphatic imine (C=N–C) groups is 1. The maximum absolute atomic E-state index is 6.06. The summed E-state index contributed by atoms with van der Waals surface area (Å²) in [6, 6.07) is 14.8. The lowest BCUT2D eigenvalue weighted by Crippen LogP contribution is -2.35. The molecule has 138 valence electrons. The first-order chi connectivity index (χ1) is 12.6. The molecule has 0 aromatic heterocycles. The first kappa shape index (κ1) is 18.4. The summed E-state index contributed by atoms with van der Waals surface area (Å²) in [6.07, 6.45) is 0. The third kappa shape index (κ3) is 5.58. The zero-order valence-electron chi connectivity index (χ0n) is 15.7. The lowest BCUT2D eigenvalue weighted by Gasteiger charge is -2.26. The van der Waals surface area contributed by atoms with Gasteiger partial charge >= 0.3 is 0 Å². The van der Waals surface area contributed by atoms with Crippen LogP contribution in [0.4, 0.5) is 5.69 Å².